The van der Waals surface area contributed by atoms with E-state index in [9.17, 15) is 10.1 Å². The lowest BCUT2D eigenvalue weighted by Gasteiger charge is -2.16. The van der Waals surface area contributed by atoms with Crippen LogP contribution in [0.5, 0.6) is 11.5 Å². The topological polar surface area (TPSA) is 108 Å². The maximum atomic E-state index is 13.8. The maximum absolute atomic E-state index is 13.8. The van der Waals surface area contributed by atoms with E-state index < -0.39 is 8.07 Å². The monoisotopic (exact) mass is 563 g/mol. The molecule has 208 valence electrons. The van der Waals surface area contributed by atoms with Gasteiger partial charge in [-0.3, -0.25) is 4.79 Å². The van der Waals surface area contributed by atoms with Crippen LogP contribution in [0.3, 0.4) is 0 Å². The van der Waals surface area contributed by atoms with E-state index in [0.29, 0.717) is 34.9 Å². The summed E-state index contributed by atoms with van der Waals surface area (Å²) in [5, 5.41) is 14.8. The number of aryl methyl sites for hydroxylation is 1. The number of carbonyl (C=O) groups is 1. The van der Waals surface area contributed by atoms with Crippen LogP contribution in [0.15, 0.2) is 79.0 Å². The molecule has 0 atom stereocenters. The van der Waals surface area contributed by atoms with Gasteiger partial charge in [-0.2, -0.15) is 10.4 Å². The molecule has 2 heterocycles. The summed E-state index contributed by atoms with van der Waals surface area (Å²) in [6, 6.07) is 25.5. The number of nitrogens with zero attached hydrogens (tertiary/aromatic N) is 4. The maximum Gasteiger partial charge on any atom is 0.214 e. The molecule has 2 N–H and O–H groups in total. The van der Waals surface area contributed by atoms with Crippen molar-refractivity contribution in [3.63, 3.8) is 0 Å². The Morgan fingerprint density at radius 3 is 2.56 bits per heavy atom. The van der Waals surface area contributed by atoms with Crippen LogP contribution in [0.2, 0.25) is 25.7 Å². The molecule has 0 fully saturated rings. The van der Waals surface area contributed by atoms with Gasteiger partial charge in [0.2, 0.25) is 5.78 Å². The molecule has 0 unspecified atom stereocenters. The minimum Gasteiger partial charge on any atom is -0.456 e. The van der Waals surface area contributed by atoms with Crippen LogP contribution in [0.4, 0.5) is 5.82 Å². The molecule has 5 rings (SSSR count). The summed E-state index contributed by atoms with van der Waals surface area (Å²) in [5.41, 5.74) is 10.3. The van der Waals surface area contributed by atoms with Gasteiger partial charge in [0.1, 0.15) is 30.1 Å². The van der Waals surface area contributed by atoms with Gasteiger partial charge in [-0.15, -0.1) is 0 Å². The molecule has 3 aromatic carbocycles. The first-order valence-corrected chi connectivity index (χ1v) is 17.2. The quantitative estimate of drug-likeness (QED) is 0.112. The lowest BCUT2D eigenvalue weighted by atomic mass is 10.1. The number of benzene rings is 3. The third kappa shape index (κ3) is 5.94. The van der Waals surface area contributed by atoms with Crippen LogP contribution >= 0.6 is 0 Å². The summed E-state index contributed by atoms with van der Waals surface area (Å²) in [6.45, 7) is 9.78. The van der Waals surface area contributed by atoms with Crippen molar-refractivity contribution < 1.29 is 14.3 Å². The van der Waals surface area contributed by atoms with E-state index in [-0.39, 0.29) is 18.3 Å². The van der Waals surface area contributed by atoms with Gasteiger partial charge in [0.25, 0.3) is 0 Å². The molecule has 2 aromatic heterocycles. The third-order valence-electron chi connectivity index (χ3n) is 6.94. The number of aromatic nitrogens is 3. The van der Waals surface area contributed by atoms with Crippen molar-refractivity contribution >= 4 is 30.6 Å². The second-order valence-electron chi connectivity index (χ2n) is 11.2. The number of fused-ring (bicyclic) bond motifs is 1. The number of carbonyl (C=O) groups excluding carboxylic acids is 1. The summed E-state index contributed by atoms with van der Waals surface area (Å²) in [7, 11) is -1.24. The molecule has 0 saturated heterocycles. The van der Waals surface area contributed by atoms with Crippen LogP contribution in [0.25, 0.3) is 16.6 Å². The minimum absolute atomic E-state index is 0.218. The molecule has 0 radical (unpaired) electrons. The van der Waals surface area contributed by atoms with E-state index in [1.165, 1.54) is 6.20 Å². The average molecular weight is 564 g/mol. The normalized spacial score (nSPS) is 11.5. The van der Waals surface area contributed by atoms with Crippen LogP contribution in [0, 0.1) is 18.3 Å². The van der Waals surface area contributed by atoms with Crippen molar-refractivity contribution in [2.45, 2.75) is 39.3 Å². The number of rotatable bonds is 10. The van der Waals surface area contributed by atoms with E-state index in [2.05, 4.69) is 30.8 Å². The molecular formula is C32H33N5O3Si. The number of nitriles is 1. The van der Waals surface area contributed by atoms with E-state index in [0.717, 1.165) is 28.2 Å². The SMILES string of the molecule is Cc1cc(Oc2ccccc2C#N)ccc1-n1ncc(C(=O)c2cc3ccccc3n2COCC[Si](C)(C)C)c1N. The molecule has 0 saturated carbocycles. The summed E-state index contributed by atoms with van der Waals surface area (Å²) in [6.07, 6.45) is 1.51. The fraction of sp³-hybridized carbons (Fsp3) is 0.219. The summed E-state index contributed by atoms with van der Waals surface area (Å²) < 4.78 is 15.5. The minimum atomic E-state index is -1.24. The van der Waals surface area contributed by atoms with Gasteiger partial charge in [0.05, 0.1) is 34.2 Å². The molecule has 0 spiro atoms. The second kappa shape index (κ2) is 11.5. The molecule has 0 amide bonds. The van der Waals surface area contributed by atoms with Crippen LogP contribution in [-0.2, 0) is 11.5 Å². The highest BCUT2D eigenvalue weighted by molar-refractivity contribution is 6.76. The van der Waals surface area contributed by atoms with Crippen molar-refractivity contribution in [2.24, 2.45) is 0 Å². The Hall–Kier alpha value is -4.65. The van der Waals surface area contributed by atoms with Crippen molar-refractivity contribution in [1.82, 2.24) is 14.3 Å². The second-order valence-corrected chi connectivity index (χ2v) is 16.8. The molecule has 9 heteroatoms. The van der Waals surface area contributed by atoms with Gasteiger partial charge in [0.15, 0.2) is 0 Å². The standard InChI is InChI=1S/C32H33N5O3Si/c1-22-17-25(40-30-12-8-6-10-24(30)19-33)13-14-27(22)37-32(34)26(20-35-37)31(38)29-18-23-9-5-7-11-28(23)36(29)21-39-15-16-41(2,3)4/h5-14,17-18,20H,15-16,21,34H2,1-4H3. The number of nitrogens with two attached hydrogens (primary N) is 1. The molecular weight excluding hydrogens is 530 g/mol. The highest BCUT2D eigenvalue weighted by Gasteiger charge is 2.23. The molecule has 0 aliphatic heterocycles. The van der Waals surface area contributed by atoms with Gasteiger partial charge in [-0.05, 0) is 61.0 Å². The van der Waals surface area contributed by atoms with Crippen LogP contribution in [-0.4, -0.2) is 34.8 Å². The number of anilines is 1. The Morgan fingerprint density at radius 2 is 1.80 bits per heavy atom. The van der Waals surface area contributed by atoms with E-state index in [4.69, 9.17) is 15.2 Å². The number of nitrogen functional groups attached to an aromatic ring is 1. The highest BCUT2D eigenvalue weighted by atomic mass is 28.3. The third-order valence-corrected chi connectivity index (χ3v) is 8.65. The first-order chi connectivity index (χ1) is 19.7. The Bertz CT molecular complexity index is 1770. The summed E-state index contributed by atoms with van der Waals surface area (Å²) >= 11 is 0. The summed E-state index contributed by atoms with van der Waals surface area (Å²) in [5.74, 6) is 1.09. The smallest absolute Gasteiger partial charge is 0.214 e. The van der Waals surface area contributed by atoms with Crippen molar-refractivity contribution in [2.75, 3.05) is 12.3 Å². The Balaban J connectivity index is 1.42. The van der Waals surface area contributed by atoms with E-state index in [1.54, 1.807) is 28.9 Å². The number of ketones is 1. The zero-order valence-electron chi connectivity index (χ0n) is 23.7. The fourth-order valence-electron chi connectivity index (χ4n) is 4.64. The number of hydrogen-bond donors (Lipinski definition) is 1. The van der Waals surface area contributed by atoms with Gasteiger partial charge >= 0.3 is 0 Å². The first-order valence-electron chi connectivity index (χ1n) is 13.5. The van der Waals surface area contributed by atoms with Gasteiger partial charge < -0.3 is 19.8 Å². The largest absolute Gasteiger partial charge is 0.456 e. The van der Waals surface area contributed by atoms with Crippen molar-refractivity contribution in [3.8, 4) is 23.3 Å². The Morgan fingerprint density at radius 1 is 1.05 bits per heavy atom. The lowest BCUT2D eigenvalue weighted by Crippen LogP contribution is -2.22. The predicted molar refractivity (Wildman–Crippen MR) is 163 cm³/mol. The van der Waals surface area contributed by atoms with Gasteiger partial charge in [-0.1, -0.05) is 50.0 Å². The van der Waals surface area contributed by atoms with Gasteiger partial charge in [-0.25, -0.2) is 4.68 Å². The Kier molecular flexibility index (Phi) is 7.79. The molecule has 5 aromatic rings. The zero-order chi connectivity index (χ0) is 29.1. The Labute approximate surface area is 240 Å². The molecule has 0 aliphatic carbocycles. The lowest BCUT2D eigenvalue weighted by molar-refractivity contribution is 0.0842. The van der Waals surface area contributed by atoms with Gasteiger partial charge in [0, 0.05) is 20.1 Å². The van der Waals surface area contributed by atoms with E-state index >= 15 is 0 Å². The predicted octanol–water partition coefficient (Wildman–Crippen LogP) is 6.92. The van der Waals surface area contributed by atoms with E-state index in [1.807, 2.05) is 60.0 Å². The highest BCUT2D eigenvalue weighted by Crippen LogP contribution is 2.30. The zero-order valence-corrected chi connectivity index (χ0v) is 24.7. The number of hydrogen-bond acceptors (Lipinski definition) is 6. The molecule has 0 aliphatic rings. The number of para-hydroxylation sites is 2. The van der Waals surface area contributed by atoms with Crippen LogP contribution < -0.4 is 10.5 Å². The molecule has 0 bridgehead atoms. The van der Waals surface area contributed by atoms with Crippen molar-refractivity contribution in [3.05, 3.63) is 101 Å². The average Bonchev–Trinajstić information content (AvgIpc) is 3.51. The number of ether oxygens (including phenoxy) is 2. The fourth-order valence-corrected chi connectivity index (χ4v) is 5.40. The van der Waals surface area contributed by atoms with Crippen molar-refractivity contribution in [1.29, 1.82) is 5.26 Å². The first kappa shape index (κ1) is 27.9. The molecule has 8 nitrogen and oxygen atoms in total. The molecule has 41 heavy (non-hydrogen) atoms. The van der Waals surface area contributed by atoms with Crippen LogP contribution in [0.1, 0.15) is 27.2 Å². The summed E-state index contributed by atoms with van der Waals surface area (Å²) in [4.78, 5) is 13.8.